The van der Waals surface area contributed by atoms with Gasteiger partial charge in [0.05, 0.1) is 6.61 Å². The number of hydrogen-bond donors (Lipinski definition) is 1. The lowest BCUT2D eigenvalue weighted by atomic mass is 10.0. The highest BCUT2D eigenvalue weighted by atomic mass is 19.1. The van der Waals surface area contributed by atoms with Crippen LogP contribution in [0.15, 0.2) is 18.2 Å². The van der Waals surface area contributed by atoms with Crippen molar-refractivity contribution in [3.8, 4) is 0 Å². The molecule has 2 atom stereocenters. The molecule has 2 unspecified atom stereocenters. The van der Waals surface area contributed by atoms with E-state index in [-0.39, 0.29) is 17.9 Å². The van der Waals surface area contributed by atoms with E-state index in [4.69, 9.17) is 4.74 Å². The molecule has 0 fully saturated rings. The Hall–Kier alpha value is -1.13. The summed E-state index contributed by atoms with van der Waals surface area (Å²) in [6.45, 7) is 7.76. The first-order valence-electron chi connectivity index (χ1n) is 6.77. The highest BCUT2D eigenvalue weighted by molar-refractivity contribution is 5.55. The molecule has 0 amide bonds. The zero-order valence-electron chi connectivity index (χ0n) is 12.5. The fraction of sp³-hybridized carbons (Fsp3) is 0.600. The van der Waals surface area contributed by atoms with Crippen molar-refractivity contribution in [3.63, 3.8) is 0 Å². The standard InChI is InChI=1S/C15H25FN2O/c1-6-18(11(2)10-19-5)15-8-7-13(16)9-14(15)12(3)17-4/h7-9,11-12,17H,6,10H2,1-5H3. The van der Waals surface area contributed by atoms with Crippen molar-refractivity contribution in [2.24, 2.45) is 0 Å². The third kappa shape index (κ3) is 3.91. The number of likely N-dealkylation sites (N-methyl/N-ethyl adjacent to an activating group) is 1. The van der Waals surface area contributed by atoms with E-state index in [0.29, 0.717) is 6.61 Å². The molecule has 1 rings (SSSR count). The van der Waals surface area contributed by atoms with Crippen molar-refractivity contribution < 1.29 is 9.13 Å². The summed E-state index contributed by atoms with van der Waals surface area (Å²) in [5.74, 6) is -0.198. The highest BCUT2D eigenvalue weighted by Crippen LogP contribution is 2.28. The van der Waals surface area contributed by atoms with Gasteiger partial charge in [-0.25, -0.2) is 4.39 Å². The van der Waals surface area contributed by atoms with Gasteiger partial charge in [-0.2, -0.15) is 0 Å². The van der Waals surface area contributed by atoms with Crippen LogP contribution >= 0.6 is 0 Å². The van der Waals surface area contributed by atoms with Crippen LogP contribution in [0.5, 0.6) is 0 Å². The Morgan fingerprint density at radius 3 is 2.58 bits per heavy atom. The zero-order valence-corrected chi connectivity index (χ0v) is 12.5. The normalized spacial score (nSPS) is 14.2. The predicted octanol–water partition coefficient (Wildman–Crippen LogP) is 2.97. The summed E-state index contributed by atoms with van der Waals surface area (Å²) >= 11 is 0. The molecule has 1 aromatic rings. The molecule has 0 spiro atoms. The van der Waals surface area contributed by atoms with Gasteiger partial charge in [-0.05, 0) is 51.6 Å². The summed E-state index contributed by atoms with van der Waals surface area (Å²) in [7, 11) is 3.58. The topological polar surface area (TPSA) is 24.5 Å². The zero-order chi connectivity index (χ0) is 14.4. The van der Waals surface area contributed by atoms with E-state index in [0.717, 1.165) is 17.8 Å². The SMILES string of the molecule is CCN(c1ccc(F)cc1C(C)NC)C(C)COC. The van der Waals surface area contributed by atoms with E-state index >= 15 is 0 Å². The van der Waals surface area contributed by atoms with Crippen LogP contribution in [0.2, 0.25) is 0 Å². The number of anilines is 1. The molecule has 0 aliphatic carbocycles. The molecule has 4 heteroatoms. The summed E-state index contributed by atoms with van der Waals surface area (Å²) in [4.78, 5) is 2.24. The van der Waals surface area contributed by atoms with Crippen LogP contribution in [0.25, 0.3) is 0 Å². The molecule has 0 saturated heterocycles. The molecule has 0 aliphatic rings. The van der Waals surface area contributed by atoms with Gasteiger partial charge in [-0.3, -0.25) is 0 Å². The van der Waals surface area contributed by atoms with Crippen molar-refractivity contribution in [1.29, 1.82) is 0 Å². The van der Waals surface area contributed by atoms with Crippen LogP contribution in [0.3, 0.4) is 0 Å². The van der Waals surface area contributed by atoms with E-state index in [9.17, 15) is 4.39 Å². The van der Waals surface area contributed by atoms with Crippen molar-refractivity contribution in [3.05, 3.63) is 29.6 Å². The Morgan fingerprint density at radius 2 is 2.05 bits per heavy atom. The number of benzene rings is 1. The number of hydrogen-bond acceptors (Lipinski definition) is 3. The molecule has 0 aromatic heterocycles. The van der Waals surface area contributed by atoms with E-state index in [1.807, 2.05) is 20.0 Å². The van der Waals surface area contributed by atoms with Crippen LogP contribution in [-0.2, 0) is 4.74 Å². The van der Waals surface area contributed by atoms with E-state index in [2.05, 4.69) is 24.1 Å². The van der Waals surface area contributed by atoms with Crippen LogP contribution < -0.4 is 10.2 Å². The average molecular weight is 268 g/mol. The molecular weight excluding hydrogens is 243 g/mol. The van der Waals surface area contributed by atoms with Gasteiger partial charge in [0, 0.05) is 31.4 Å². The molecule has 108 valence electrons. The van der Waals surface area contributed by atoms with Crippen LogP contribution in [0, 0.1) is 5.82 Å². The molecule has 19 heavy (non-hydrogen) atoms. The number of ether oxygens (including phenoxy) is 1. The van der Waals surface area contributed by atoms with E-state index < -0.39 is 0 Å². The van der Waals surface area contributed by atoms with Gasteiger partial charge in [0.1, 0.15) is 5.82 Å². The van der Waals surface area contributed by atoms with Crippen molar-refractivity contribution >= 4 is 5.69 Å². The Kier molecular flexibility index (Phi) is 6.25. The fourth-order valence-electron chi connectivity index (χ4n) is 2.34. The van der Waals surface area contributed by atoms with Crippen molar-refractivity contribution in [1.82, 2.24) is 5.32 Å². The lowest BCUT2D eigenvalue weighted by Crippen LogP contribution is -2.37. The second kappa shape index (κ2) is 7.46. The molecule has 0 aliphatic heterocycles. The first-order chi connectivity index (χ1) is 9.04. The van der Waals surface area contributed by atoms with Gasteiger partial charge in [0.15, 0.2) is 0 Å². The lowest BCUT2D eigenvalue weighted by molar-refractivity contribution is 0.182. The number of nitrogens with one attached hydrogen (secondary N) is 1. The molecule has 0 heterocycles. The van der Waals surface area contributed by atoms with E-state index in [1.54, 1.807) is 13.2 Å². The summed E-state index contributed by atoms with van der Waals surface area (Å²) in [6.07, 6.45) is 0. The molecule has 0 radical (unpaired) electrons. The lowest BCUT2D eigenvalue weighted by Gasteiger charge is -2.32. The largest absolute Gasteiger partial charge is 0.383 e. The van der Waals surface area contributed by atoms with Crippen molar-refractivity contribution in [2.45, 2.75) is 32.9 Å². The monoisotopic (exact) mass is 268 g/mol. The minimum atomic E-state index is -0.198. The Labute approximate surface area is 115 Å². The maximum absolute atomic E-state index is 13.5. The summed E-state index contributed by atoms with van der Waals surface area (Å²) < 4.78 is 18.7. The molecule has 1 N–H and O–H groups in total. The summed E-state index contributed by atoms with van der Waals surface area (Å²) in [5, 5.41) is 3.17. The maximum atomic E-state index is 13.5. The summed E-state index contributed by atoms with van der Waals surface area (Å²) in [6, 6.07) is 5.34. The Bertz CT molecular complexity index is 398. The average Bonchev–Trinajstić information content (AvgIpc) is 2.40. The second-order valence-corrected chi connectivity index (χ2v) is 4.80. The quantitative estimate of drug-likeness (QED) is 0.823. The molecular formula is C15H25FN2O. The molecule has 0 saturated carbocycles. The number of nitrogens with zero attached hydrogens (tertiary/aromatic N) is 1. The number of rotatable bonds is 7. The fourth-order valence-corrected chi connectivity index (χ4v) is 2.34. The van der Waals surface area contributed by atoms with Gasteiger partial charge in [-0.15, -0.1) is 0 Å². The minimum absolute atomic E-state index is 0.106. The van der Waals surface area contributed by atoms with Gasteiger partial charge < -0.3 is 15.0 Å². The number of halogens is 1. The van der Waals surface area contributed by atoms with E-state index in [1.165, 1.54) is 6.07 Å². The number of methoxy groups -OCH3 is 1. The third-order valence-electron chi connectivity index (χ3n) is 3.48. The van der Waals surface area contributed by atoms with Crippen LogP contribution in [0.1, 0.15) is 32.4 Å². The maximum Gasteiger partial charge on any atom is 0.123 e. The van der Waals surface area contributed by atoms with Gasteiger partial charge in [0.25, 0.3) is 0 Å². The molecule has 0 bridgehead atoms. The van der Waals surface area contributed by atoms with Crippen LogP contribution in [-0.4, -0.2) is 33.4 Å². The van der Waals surface area contributed by atoms with Crippen molar-refractivity contribution in [2.75, 3.05) is 32.2 Å². The van der Waals surface area contributed by atoms with Gasteiger partial charge in [-0.1, -0.05) is 0 Å². The Balaban J connectivity index is 3.15. The Morgan fingerprint density at radius 1 is 1.37 bits per heavy atom. The first-order valence-corrected chi connectivity index (χ1v) is 6.77. The van der Waals surface area contributed by atoms with Gasteiger partial charge >= 0.3 is 0 Å². The highest BCUT2D eigenvalue weighted by Gasteiger charge is 2.19. The van der Waals surface area contributed by atoms with Crippen LogP contribution in [0.4, 0.5) is 10.1 Å². The van der Waals surface area contributed by atoms with Gasteiger partial charge in [0.2, 0.25) is 0 Å². The molecule has 3 nitrogen and oxygen atoms in total. The first kappa shape index (κ1) is 15.9. The third-order valence-corrected chi connectivity index (χ3v) is 3.48. The molecule has 1 aromatic carbocycles. The predicted molar refractivity (Wildman–Crippen MR) is 78.2 cm³/mol. The second-order valence-electron chi connectivity index (χ2n) is 4.80. The minimum Gasteiger partial charge on any atom is -0.383 e. The summed E-state index contributed by atoms with van der Waals surface area (Å²) in [5.41, 5.74) is 2.04. The smallest absolute Gasteiger partial charge is 0.123 e.